The molecule has 0 aliphatic heterocycles. The fraction of sp³-hybridized carbons (Fsp3) is 0.143. The van der Waals surface area contributed by atoms with Crippen molar-refractivity contribution >= 4 is 17.5 Å². The highest BCUT2D eigenvalue weighted by Crippen LogP contribution is 2.13. The summed E-state index contributed by atoms with van der Waals surface area (Å²) < 4.78 is 12.8. The van der Waals surface area contributed by atoms with Crippen molar-refractivity contribution in [3.8, 4) is 0 Å². The van der Waals surface area contributed by atoms with Gasteiger partial charge in [-0.1, -0.05) is 6.07 Å². The Morgan fingerprint density at radius 3 is 2.47 bits per heavy atom. The van der Waals surface area contributed by atoms with Crippen LogP contribution in [-0.2, 0) is 0 Å². The molecule has 1 aromatic carbocycles. The second kappa shape index (κ2) is 5.48. The van der Waals surface area contributed by atoms with Crippen LogP contribution in [0.3, 0.4) is 0 Å². The van der Waals surface area contributed by atoms with Crippen molar-refractivity contribution in [2.24, 2.45) is 0 Å². The number of urea groups is 1. The number of hydrogen-bond acceptors (Lipinski definition) is 2. The Labute approximate surface area is 110 Å². The van der Waals surface area contributed by atoms with Crippen LogP contribution in [0.1, 0.15) is 5.56 Å². The van der Waals surface area contributed by atoms with Gasteiger partial charge < -0.3 is 5.32 Å². The first-order valence-corrected chi connectivity index (χ1v) is 5.79. The van der Waals surface area contributed by atoms with Gasteiger partial charge in [0.15, 0.2) is 0 Å². The van der Waals surface area contributed by atoms with Gasteiger partial charge in [-0.15, -0.1) is 0 Å². The van der Waals surface area contributed by atoms with E-state index >= 15 is 0 Å². The number of pyridine rings is 1. The number of carbonyl (C=O) groups is 1. The maximum absolute atomic E-state index is 12.8. The molecule has 0 aliphatic rings. The second-order valence-corrected chi connectivity index (χ2v) is 4.19. The number of nitrogens with zero attached hydrogens (tertiary/aromatic N) is 2. The molecule has 0 bridgehead atoms. The van der Waals surface area contributed by atoms with E-state index in [-0.39, 0.29) is 11.8 Å². The summed E-state index contributed by atoms with van der Waals surface area (Å²) in [6.07, 6.45) is 1.69. The summed E-state index contributed by atoms with van der Waals surface area (Å²) in [4.78, 5) is 17.5. The van der Waals surface area contributed by atoms with E-state index in [1.807, 2.05) is 13.0 Å². The number of carbonyl (C=O) groups excluding carboxylic acids is 1. The van der Waals surface area contributed by atoms with E-state index in [2.05, 4.69) is 10.3 Å². The minimum atomic E-state index is -0.341. The number of rotatable bonds is 2. The highest BCUT2D eigenvalue weighted by molar-refractivity contribution is 6.00. The predicted octanol–water partition coefficient (Wildman–Crippen LogP) is 3.20. The zero-order valence-corrected chi connectivity index (χ0v) is 10.7. The number of aryl methyl sites for hydroxylation is 1. The summed E-state index contributed by atoms with van der Waals surface area (Å²) in [6, 6.07) is 8.90. The number of aromatic nitrogens is 1. The van der Waals surface area contributed by atoms with E-state index in [0.717, 1.165) is 5.56 Å². The smallest absolute Gasteiger partial charge is 0.308 e. The first-order chi connectivity index (χ1) is 9.06. The average molecular weight is 259 g/mol. The number of anilines is 2. The van der Waals surface area contributed by atoms with Crippen molar-refractivity contribution in [2.75, 3.05) is 17.3 Å². The molecule has 2 rings (SSSR count). The third-order valence-corrected chi connectivity index (χ3v) is 2.64. The molecule has 0 radical (unpaired) electrons. The Bertz CT molecular complexity index is 566. The van der Waals surface area contributed by atoms with E-state index in [1.54, 1.807) is 19.3 Å². The molecule has 1 N–H and O–H groups in total. The van der Waals surface area contributed by atoms with E-state index in [4.69, 9.17) is 0 Å². The Morgan fingerprint density at radius 2 is 1.89 bits per heavy atom. The highest BCUT2D eigenvalue weighted by Gasteiger charge is 2.11. The zero-order chi connectivity index (χ0) is 13.8. The average Bonchev–Trinajstić information content (AvgIpc) is 2.41. The van der Waals surface area contributed by atoms with Crippen LogP contribution in [0.15, 0.2) is 42.6 Å². The first kappa shape index (κ1) is 13.0. The molecule has 0 fully saturated rings. The monoisotopic (exact) mass is 259 g/mol. The van der Waals surface area contributed by atoms with Crippen LogP contribution in [0, 0.1) is 12.7 Å². The molecule has 0 atom stereocenters. The van der Waals surface area contributed by atoms with Crippen LogP contribution in [0.5, 0.6) is 0 Å². The van der Waals surface area contributed by atoms with Gasteiger partial charge in [-0.05, 0) is 42.8 Å². The molecule has 0 unspecified atom stereocenters. The fourth-order valence-electron chi connectivity index (χ4n) is 1.50. The first-order valence-electron chi connectivity index (χ1n) is 5.79. The van der Waals surface area contributed by atoms with Crippen LogP contribution >= 0.6 is 0 Å². The summed E-state index contributed by atoms with van der Waals surface area (Å²) >= 11 is 0. The Balaban J connectivity index is 2.07. The topological polar surface area (TPSA) is 45.2 Å². The summed E-state index contributed by atoms with van der Waals surface area (Å²) in [5, 5.41) is 2.66. The van der Waals surface area contributed by atoms with Crippen LogP contribution in [0.2, 0.25) is 0 Å². The van der Waals surface area contributed by atoms with Crippen LogP contribution in [0.25, 0.3) is 0 Å². The third-order valence-electron chi connectivity index (χ3n) is 2.64. The lowest BCUT2D eigenvalue weighted by molar-refractivity contribution is 0.258. The van der Waals surface area contributed by atoms with E-state index < -0.39 is 0 Å². The molecule has 0 spiro atoms. The molecule has 0 saturated heterocycles. The molecule has 1 heterocycles. The summed E-state index contributed by atoms with van der Waals surface area (Å²) in [7, 11) is 1.62. The predicted molar refractivity (Wildman–Crippen MR) is 72.8 cm³/mol. The minimum absolute atomic E-state index is 0.331. The lowest BCUT2D eigenvalue weighted by atomic mass is 10.3. The number of halogens is 1. The van der Waals surface area contributed by atoms with Gasteiger partial charge in [0.1, 0.15) is 11.6 Å². The van der Waals surface area contributed by atoms with Crippen LogP contribution in [0.4, 0.5) is 20.7 Å². The molecular weight excluding hydrogens is 245 g/mol. The van der Waals surface area contributed by atoms with Gasteiger partial charge in [0.05, 0.1) is 0 Å². The molecule has 0 saturated carbocycles. The van der Waals surface area contributed by atoms with Gasteiger partial charge >= 0.3 is 6.03 Å². The van der Waals surface area contributed by atoms with Crippen LogP contribution in [-0.4, -0.2) is 18.1 Å². The van der Waals surface area contributed by atoms with Gasteiger partial charge in [0.2, 0.25) is 0 Å². The normalized spacial score (nSPS) is 10.1. The number of nitrogens with one attached hydrogen (secondary N) is 1. The molecule has 5 heteroatoms. The number of benzene rings is 1. The molecule has 1 aromatic heterocycles. The van der Waals surface area contributed by atoms with Crippen molar-refractivity contribution in [1.82, 2.24) is 4.98 Å². The summed E-state index contributed by atoms with van der Waals surface area (Å²) in [6.45, 7) is 1.93. The molecule has 98 valence electrons. The van der Waals surface area contributed by atoms with Crippen molar-refractivity contribution in [1.29, 1.82) is 0 Å². The van der Waals surface area contributed by atoms with Gasteiger partial charge in [-0.25, -0.2) is 14.2 Å². The number of amides is 2. The number of hydrogen-bond donors (Lipinski definition) is 1. The second-order valence-electron chi connectivity index (χ2n) is 4.19. The van der Waals surface area contributed by atoms with E-state index in [1.165, 1.54) is 29.2 Å². The molecular formula is C14H14FN3O. The SMILES string of the molecule is Cc1ccc(N(C)C(=O)Nc2ccc(F)cc2)nc1. The quantitative estimate of drug-likeness (QED) is 0.900. The Morgan fingerprint density at radius 1 is 1.21 bits per heavy atom. The zero-order valence-electron chi connectivity index (χ0n) is 10.7. The standard InChI is InChI=1S/C14H14FN3O/c1-10-3-8-13(16-9-10)18(2)14(19)17-12-6-4-11(15)5-7-12/h3-9H,1-2H3,(H,17,19). The van der Waals surface area contributed by atoms with E-state index in [0.29, 0.717) is 11.5 Å². The Kier molecular flexibility index (Phi) is 3.75. The third kappa shape index (κ3) is 3.28. The van der Waals surface area contributed by atoms with Crippen molar-refractivity contribution in [3.63, 3.8) is 0 Å². The van der Waals surface area contributed by atoms with Gasteiger partial charge in [0.25, 0.3) is 0 Å². The lowest BCUT2D eigenvalue weighted by Gasteiger charge is -2.17. The van der Waals surface area contributed by atoms with Gasteiger partial charge in [0, 0.05) is 18.9 Å². The van der Waals surface area contributed by atoms with Gasteiger partial charge in [-0.2, -0.15) is 0 Å². The molecule has 4 nitrogen and oxygen atoms in total. The lowest BCUT2D eigenvalue weighted by Crippen LogP contribution is -2.31. The van der Waals surface area contributed by atoms with Crippen molar-refractivity contribution in [2.45, 2.75) is 6.92 Å². The minimum Gasteiger partial charge on any atom is -0.308 e. The maximum atomic E-state index is 12.8. The Hall–Kier alpha value is -2.43. The highest BCUT2D eigenvalue weighted by atomic mass is 19.1. The van der Waals surface area contributed by atoms with E-state index in [9.17, 15) is 9.18 Å². The maximum Gasteiger partial charge on any atom is 0.327 e. The molecule has 2 aromatic rings. The molecule has 0 aliphatic carbocycles. The van der Waals surface area contributed by atoms with Crippen molar-refractivity contribution < 1.29 is 9.18 Å². The largest absolute Gasteiger partial charge is 0.327 e. The summed E-state index contributed by atoms with van der Waals surface area (Å²) in [5.74, 6) is 0.205. The molecule has 19 heavy (non-hydrogen) atoms. The van der Waals surface area contributed by atoms with Gasteiger partial charge in [-0.3, -0.25) is 4.90 Å². The molecule has 2 amide bonds. The van der Waals surface area contributed by atoms with Crippen LogP contribution < -0.4 is 10.2 Å². The summed E-state index contributed by atoms with van der Waals surface area (Å²) in [5.41, 5.74) is 1.56. The fourth-order valence-corrected chi connectivity index (χ4v) is 1.50. The van der Waals surface area contributed by atoms with Crippen molar-refractivity contribution in [3.05, 3.63) is 54.0 Å².